The molecule has 0 aliphatic carbocycles. The number of piperidine rings is 1. The van der Waals surface area contributed by atoms with Crippen LogP contribution >= 0.6 is 0 Å². The number of aryl methyl sites for hydroxylation is 2. The number of rotatable bonds is 2. The quantitative estimate of drug-likeness (QED) is 0.900. The summed E-state index contributed by atoms with van der Waals surface area (Å²) in [6, 6.07) is 4.05. The molecule has 1 atom stereocenters. The zero-order valence-corrected chi connectivity index (χ0v) is 12.4. The summed E-state index contributed by atoms with van der Waals surface area (Å²) < 4.78 is 5.73. The summed E-state index contributed by atoms with van der Waals surface area (Å²) in [4.78, 5) is 24.0. The average molecular weight is 288 g/mol. The maximum Gasteiger partial charge on any atom is 0.279 e. The average Bonchev–Trinajstić information content (AvgIpc) is 2.85. The highest BCUT2D eigenvalue weighted by Gasteiger charge is 2.31. The zero-order valence-electron chi connectivity index (χ0n) is 12.4. The predicted octanol–water partition coefficient (Wildman–Crippen LogP) is 1.65. The highest BCUT2D eigenvalue weighted by atomic mass is 16.5. The number of hydrogen-bond acceptors (Lipinski definition) is 3. The third-order valence-electron chi connectivity index (χ3n) is 4.21. The van der Waals surface area contributed by atoms with E-state index in [-0.39, 0.29) is 11.8 Å². The lowest BCUT2D eigenvalue weighted by molar-refractivity contribution is -0.146. The number of ether oxygens (including phenoxy) is 1. The Morgan fingerprint density at radius 2 is 2.05 bits per heavy atom. The normalized spacial score (nSPS) is 21.0. The molecule has 1 fully saturated rings. The van der Waals surface area contributed by atoms with Gasteiger partial charge in [-0.15, -0.1) is 0 Å². The number of hydrazine groups is 1. The summed E-state index contributed by atoms with van der Waals surface area (Å²) in [5, 5.41) is 1.43. The summed E-state index contributed by atoms with van der Waals surface area (Å²) in [7, 11) is 0. The van der Waals surface area contributed by atoms with Crippen LogP contribution in [0.2, 0.25) is 0 Å². The number of carbonyl (C=O) groups is 2. The van der Waals surface area contributed by atoms with Gasteiger partial charge < -0.3 is 4.74 Å². The molecule has 0 aromatic heterocycles. The Morgan fingerprint density at radius 3 is 2.81 bits per heavy atom. The first-order valence-electron chi connectivity index (χ1n) is 7.42. The van der Waals surface area contributed by atoms with Crippen LogP contribution < -0.4 is 10.2 Å². The van der Waals surface area contributed by atoms with Gasteiger partial charge in [0, 0.05) is 19.4 Å². The van der Waals surface area contributed by atoms with Crippen molar-refractivity contribution in [3.05, 3.63) is 28.8 Å². The van der Waals surface area contributed by atoms with Gasteiger partial charge in [-0.25, -0.2) is 0 Å². The molecule has 112 valence electrons. The van der Waals surface area contributed by atoms with Crippen LogP contribution in [0.3, 0.4) is 0 Å². The lowest BCUT2D eigenvalue weighted by Crippen LogP contribution is -2.52. The summed E-state index contributed by atoms with van der Waals surface area (Å²) in [5.74, 6) is 0.525. The maximum absolute atomic E-state index is 12.3. The summed E-state index contributed by atoms with van der Waals surface area (Å²) in [5.41, 5.74) is 6.11. The zero-order chi connectivity index (χ0) is 15.0. The van der Waals surface area contributed by atoms with Crippen LogP contribution in [0.25, 0.3) is 0 Å². The van der Waals surface area contributed by atoms with E-state index < -0.39 is 6.10 Å². The smallest absolute Gasteiger partial charge is 0.279 e. The van der Waals surface area contributed by atoms with Crippen molar-refractivity contribution in [1.29, 1.82) is 0 Å². The van der Waals surface area contributed by atoms with Gasteiger partial charge in [0.25, 0.3) is 5.91 Å². The van der Waals surface area contributed by atoms with Crippen LogP contribution in [0.4, 0.5) is 0 Å². The van der Waals surface area contributed by atoms with E-state index in [1.165, 1.54) is 10.6 Å². The van der Waals surface area contributed by atoms with Gasteiger partial charge in [0.05, 0.1) is 0 Å². The molecule has 1 aromatic rings. The van der Waals surface area contributed by atoms with E-state index in [0.29, 0.717) is 19.4 Å². The SMILES string of the molecule is Cc1cc2c(cc1C)O[C@@H](C(=O)NN1CCCCC1=O)C2. The molecular formula is C16H20N2O3. The molecule has 1 N–H and O–H groups in total. The van der Waals surface area contributed by atoms with Gasteiger partial charge in [-0.05, 0) is 49.4 Å². The Balaban J connectivity index is 1.66. The summed E-state index contributed by atoms with van der Waals surface area (Å²) in [6.07, 6.45) is 2.34. The second-order valence-corrected chi connectivity index (χ2v) is 5.83. The van der Waals surface area contributed by atoms with Gasteiger partial charge in [0.1, 0.15) is 5.75 Å². The van der Waals surface area contributed by atoms with Crippen LogP contribution in [-0.2, 0) is 16.0 Å². The molecule has 2 aliphatic rings. The largest absolute Gasteiger partial charge is 0.480 e. The highest BCUT2D eigenvalue weighted by Crippen LogP contribution is 2.31. The standard InChI is InChI=1S/C16H20N2O3/c1-10-7-12-9-14(21-13(12)8-11(10)2)16(20)17-18-6-4-3-5-15(18)19/h7-8,14H,3-6,9H2,1-2H3,(H,17,20)/t14-/m1/s1. The van der Waals surface area contributed by atoms with E-state index in [2.05, 4.69) is 18.4 Å². The number of nitrogens with one attached hydrogen (secondary N) is 1. The molecule has 0 saturated carbocycles. The van der Waals surface area contributed by atoms with Crippen molar-refractivity contribution in [2.45, 2.75) is 45.6 Å². The molecule has 5 heteroatoms. The summed E-state index contributed by atoms with van der Waals surface area (Å²) in [6.45, 7) is 4.66. The molecule has 0 unspecified atom stereocenters. The minimum Gasteiger partial charge on any atom is -0.480 e. The Labute approximate surface area is 124 Å². The van der Waals surface area contributed by atoms with Crippen molar-refractivity contribution in [2.75, 3.05) is 6.54 Å². The minimum atomic E-state index is -0.545. The molecular weight excluding hydrogens is 268 g/mol. The van der Waals surface area contributed by atoms with Gasteiger partial charge in [-0.3, -0.25) is 20.0 Å². The Morgan fingerprint density at radius 1 is 1.29 bits per heavy atom. The van der Waals surface area contributed by atoms with Crippen LogP contribution in [0.1, 0.15) is 36.0 Å². The molecule has 3 rings (SSSR count). The summed E-state index contributed by atoms with van der Waals surface area (Å²) >= 11 is 0. The molecule has 2 heterocycles. The Kier molecular flexibility index (Phi) is 3.57. The van der Waals surface area contributed by atoms with E-state index in [1.54, 1.807) is 0 Å². The lowest BCUT2D eigenvalue weighted by atomic mass is 10.0. The topological polar surface area (TPSA) is 58.6 Å². The van der Waals surface area contributed by atoms with Gasteiger partial charge in [0.2, 0.25) is 5.91 Å². The van der Waals surface area contributed by atoms with Gasteiger partial charge in [-0.1, -0.05) is 6.07 Å². The van der Waals surface area contributed by atoms with Gasteiger partial charge >= 0.3 is 0 Å². The molecule has 1 aromatic carbocycles. The second-order valence-electron chi connectivity index (χ2n) is 5.83. The third kappa shape index (κ3) is 2.73. The third-order valence-corrected chi connectivity index (χ3v) is 4.21. The van der Waals surface area contributed by atoms with E-state index in [1.807, 2.05) is 13.0 Å². The fourth-order valence-electron chi connectivity index (χ4n) is 2.79. The first kappa shape index (κ1) is 13.9. The number of benzene rings is 1. The Hall–Kier alpha value is -2.04. The van der Waals surface area contributed by atoms with Gasteiger partial charge in [-0.2, -0.15) is 0 Å². The van der Waals surface area contributed by atoms with Crippen LogP contribution in [0.15, 0.2) is 12.1 Å². The van der Waals surface area contributed by atoms with Crippen molar-refractivity contribution < 1.29 is 14.3 Å². The Bertz CT molecular complexity index is 566. The van der Waals surface area contributed by atoms with Crippen molar-refractivity contribution >= 4 is 11.8 Å². The molecule has 2 aliphatic heterocycles. The van der Waals surface area contributed by atoms with Crippen LogP contribution in [0, 0.1) is 13.8 Å². The maximum atomic E-state index is 12.3. The van der Waals surface area contributed by atoms with Crippen molar-refractivity contribution in [3.8, 4) is 5.75 Å². The van der Waals surface area contributed by atoms with Crippen molar-refractivity contribution in [2.24, 2.45) is 0 Å². The number of amides is 2. The monoisotopic (exact) mass is 288 g/mol. The first-order valence-corrected chi connectivity index (χ1v) is 7.42. The number of nitrogens with zero attached hydrogens (tertiary/aromatic N) is 1. The minimum absolute atomic E-state index is 0.0169. The molecule has 2 amide bonds. The number of fused-ring (bicyclic) bond motifs is 1. The molecule has 1 saturated heterocycles. The molecule has 0 radical (unpaired) electrons. The molecule has 21 heavy (non-hydrogen) atoms. The predicted molar refractivity (Wildman–Crippen MR) is 77.7 cm³/mol. The highest BCUT2D eigenvalue weighted by molar-refractivity contribution is 5.86. The van der Waals surface area contributed by atoms with Crippen LogP contribution in [0.5, 0.6) is 5.75 Å². The van der Waals surface area contributed by atoms with E-state index >= 15 is 0 Å². The second kappa shape index (κ2) is 5.39. The first-order chi connectivity index (χ1) is 10.0. The van der Waals surface area contributed by atoms with Crippen molar-refractivity contribution in [1.82, 2.24) is 10.4 Å². The molecule has 0 spiro atoms. The van der Waals surface area contributed by atoms with E-state index in [0.717, 1.165) is 29.7 Å². The van der Waals surface area contributed by atoms with Gasteiger partial charge in [0.15, 0.2) is 6.10 Å². The van der Waals surface area contributed by atoms with E-state index in [4.69, 9.17) is 4.74 Å². The fraction of sp³-hybridized carbons (Fsp3) is 0.500. The molecule has 5 nitrogen and oxygen atoms in total. The number of carbonyl (C=O) groups excluding carboxylic acids is 2. The fourth-order valence-corrected chi connectivity index (χ4v) is 2.79. The lowest BCUT2D eigenvalue weighted by Gasteiger charge is -2.27. The van der Waals surface area contributed by atoms with Crippen LogP contribution in [-0.4, -0.2) is 29.5 Å². The molecule has 0 bridgehead atoms. The van der Waals surface area contributed by atoms with Crippen molar-refractivity contribution in [3.63, 3.8) is 0 Å². The number of hydrogen-bond donors (Lipinski definition) is 1. The van der Waals surface area contributed by atoms with E-state index in [9.17, 15) is 9.59 Å².